The lowest BCUT2D eigenvalue weighted by atomic mass is 9.94. The van der Waals surface area contributed by atoms with Crippen LogP contribution in [0.1, 0.15) is 19.3 Å². The van der Waals surface area contributed by atoms with Gasteiger partial charge in [-0.15, -0.1) is 0 Å². The van der Waals surface area contributed by atoms with Crippen LogP contribution in [0.15, 0.2) is 0 Å². The van der Waals surface area contributed by atoms with Crippen LogP contribution in [-0.4, -0.2) is 61.5 Å². The highest BCUT2D eigenvalue weighted by molar-refractivity contribution is 7.99. The van der Waals surface area contributed by atoms with E-state index in [1.165, 1.54) is 6.26 Å². The smallest absolute Gasteiger partial charge is 0.152 e. The Morgan fingerprint density at radius 1 is 1.41 bits per heavy atom. The molecular formula is C11H22N2O2S2. The Labute approximate surface area is 108 Å². The van der Waals surface area contributed by atoms with Crippen molar-refractivity contribution in [3.63, 3.8) is 0 Å². The third-order valence-electron chi connectivity index (χ3n) is 4.19. The first kappa shape index (κ1) is 13.6. The first-order chi connectivity index (χ1) is 8.00. The first-order valence-corrected chi connectivity index (χ1v) is 9.33. The Morgan fingerprint density at radius 2 is 2.06 bits per heavy atom. The molecule has 4 nitrogen and oxygen atoms in total. The van der Waals surface area contributed by atoms with Crippen molar-refractivity contribution in [2.24, 2.45) is 5.73 Å². The van der Waals surface area contributed by atoms with E-state index in [1.54, 1.807) is 0 Å². The standard InChI is InChI=1S/C11H22N2O2S2/c1-17(14,15)10-3-2-4-11(10,9-12)13-5-7-16-8-6-13/h10H,2-9,12H2,1H3. The molecule has 1 saturated carbocycles. The Hall–Kier alpha value is 0.220. The Kier molecular flexibility index (Phi) is 4.07. The van der Waals surface area contributed by atoms with E-state index < -0.39 is 9.84 Å². The van der Waals surface area contributed by atoms with E-state index in [9.17, 15) is 8.42 Å². The topological polar surface area (TPSA) is 63.4 Å². The molecule has 17 heavy (non-hydrogen) atoms. The van der Waals surface area contributed by atoms with Gasteiger partial charge >= 0.3 is 0 Å². The maximum atomic E-state index is 12.0. The van der Waals surface area contributed by atoms with Gasteiger partial charge in [-0.05, 0) is 12.8 Å². The summed E-state index contributed by atoms with van der Waals surface area (Å²) in [5.41, 5.74) is 5.69. The van der Waals surface area contributed by atoms with Crippen LogP contribution in [0.5, 0.6) is 0 Å². The van der Waals surface area contributed by atoms with E-state index in [-0.39, 0.29) is 10.8 Å². The fourth-order valence-electron chi connectivity index (χ4n) is 3.37. The largest absolute Gasteiger partial charge is 0.329 e. The Morgan fingerprint density at radius 3 is 2.59 bits per heavy atom. The predicted molar refractivity (Wildman–Crippen MR) is 73.2 cm³/mol. The molecule has 6 heteroatoms. The second-order valence-corrected chi connectivity index (χ2v) is 8.57. The molecule has 0 aromatic carbocycles. The maximum Gasteiger partial charge on any atom is 0.152 e. The summed E-state index contributed by atoms with van der Waals surface area (Å²) in [7, 11) is -3.00. The summed E-state index contributed by atoms with van der Waals surface area (Å²) in [6.45, 7) is 2.43. The lowest BCUT2D eigenvalue weighted by molar-refractivity contribution is 0.114. The molecule has 1 aliphatic carbocycles. The maximum absolute atomic E-state index is 12.0. The average Bonchev–Trinajstić information content (AvgIpc) is 2.75. The monoisotopic (exact) mass is 278 g/mol. The van der Waals surface area contributed by atoms with E-state index in [1.807, 2.05) is 11.8 Å². The van der Waals surface area contributed by atoms with Gasteiger partial charge < -0.3 is 5.73 Å². The number of rotatable bonds is 3. The molecule has 2 unspecified atom stereocenters. The summed E-state index contributed by atoms with van der Waals surface area (Å²) in [6.07, 6.45) is 4.07. The van der Waals surface area contributed by atoms with Crippen molar-refractivity contribution in [3.8, 4) is 0 Å². The minimum Gasteiger partial charge on any atom is -0.329 e. The molecule has 0 bridgehead atoms. The van der Waals surface area contributed by atoms with Crippen molar-refractivity contribution in [2.75, 3.05) is 37.4 Å². The van der Waals surface area contributed by atoms with Gasteiger partial charge in [-0.3, -0.25) is 4.90 Å². The third kappa shape index (κ3) is 2.50. The quantitative estimate of drug-likeness (QED) is 0.806. The van der Waals surface area contributed by atoms with Crippen LogP contribution < -0.4 is 5.73 Å². The number of hydrogen-bond acceptors (Lipinski definition) is 5. The zero-order valence-electron chi connectivity index (χ0n) is 10.4. The van der Waals surface area contributed by atoms with E-state index in [0.717, 1.165) is 43.9 Å². The lowest BCUT2D eigenvalue weighted by Crippen LogP contribution is -2.62. The van der Waals surface area contributed by atoms with E-state index in [4.69, 9.17) is 5.73 Å². The van der Waals surface area contributed by atoms with E-state index >= 15 is 0 Å². The summed E-state index contributed by atoms with van der Waals surface area (Å²) < 4.78 is 23.9. The predicted octanol–water partition coefficient (Wildman–Crippen LogP) is 0.330. The summed E-state index contributed by atoms with van der Waals surface area (Å²) in [6, 6.07) is 0. The highest BCUT2D eigenvalue weighted by atomic mass is 32.2. The number of thioether (sulfide) groups is 1. The number of hydrogen-bond donors (Lipinski definition) is 1. The zero-order chi connectivity index (χ0) is 12.5. The lowest BCUT2D eigenvalue weighted by Gasteiger charge is -2.45. The van der Waals surface area contributed by atoms with Crippen molar-refractivity contribution in [1.82, 2.24) is 4.90 Å². The van der Waals surface area contributed by atoms with Crippen LogP contribution in [0.25, 0.3) is 0 Å². The second kappa shape index (κ2) is 5.07. The van der Waals surface area contributed by atoms with Crippen molar-refractivity contribution in [2.45, 2.75) is 30.1 Å². The van der Waals surface area contributed by atoms with Gasteiger partial charge in [0.25, 0.3) is 0 Å². The number of sulfone groups is 1. The van der Waals surface area contributed by atoms with Crippen LogP contribution in [0.2, 0.25) is 0 Å². The first-order valence-electron chi connectivity index (χ1n) is 6.22. The normalized spacial score (nSPS) is 36.2. The minimum absolute atomic E-state index is 0.261. The van der Waals surface area contributed by atoms with Crippen molar-refractivity contribution < 1.29 is 8.42 Å². The fourth-order valence-corrected chi connectivity index (χ4v) is 6.03. The van der Waals surface area contributed by atoms with Crippen LogP contribution in [-0.2, 0) is 9.84 Å². The molecule has 1 heterocycles. The molecule has 1 aliphatic heterocycles. The van der Waals surface area contributed by atoms with Gasteiger partial charge in [0, 0.05) is 42.9 Å². The van der Waals surface area contributed by atoms with E-state index in [2.05, 4.69) is 4.90 Å². The molecular weight excluding hydrogens is 256 g/mol. The highest BCUT2D eigenvalue weighted by Gasteiger charge is 2.50. The van der Waals surface area contributed by atoms with Gasteiger partial charge in [-0.1, -0.05) is 6.42 Å². The molecule has 0 amide bonds. The molecule has 2 aliphatic rings. The number of nitrogens with two attached hydrogens (primary N) is 1. The fraction of sp³-hybridized carbons (Fsp3) is 1.00. The number of nitrogens with zero attached hydrogens (tertiary/aromatic N) is 1. The van der Waals surface area contributed by atoms with Crippen LogP contribution in [0.3, 0.4) is 0 Å². The van der Waals surface area contributed by atoms with Crippen LogP contribution >= 0.6 is 11.8 Å². The summed E-state index contributed by atoms with van der Waals surface area (Å²) >= 11 is 1.94. The molecule has 100 valence electrons. The van der Waals surface area contributed by atoms with Crippen molar-refractivity contribution in [3.05, 3.63) is 0 Å². The molecule has 2 N–H and O–H groups in total. The van der Waals surface area contributed by atoms with Crippen LogP contribution in [0, 0.1) is 0 Å². The van der Waals surface area contributed by atoms with Gasteiger partial charge in [0.2, 0.25) is 0 Å². The molecule has 2 rings (SSSR count). The summed E-state index contributed by atoms with van der Waals surface area (Å²) in [5.74, 6) is 2.19. The highest BCUT2D eigenvalue weighted by Crippen LogP contribution is 2.39. The molecule has 0 aromatic heterocycles. The Balaban J connectivity index is 2.28. The van der Waals surface area contributed by atoms with Crippen LogP contribution in [0.4, 0.5) is 0 Å². The molecule has 2 fully saturated rings. The molecule has 2 atom stereocenters. The summed E-state index contributed by atoms with van der Waals surface area (Å²) in [4.78, 5) is 2.35. The van der Waals surface area contributed by atoms with Gasteiger partial charge in [0.1, 0.15) is 0 Å². The molecule has 0 spiro atoms. The van der Waals surface area contributed by atoms with Gasteiger partial charge in [-0.25, -0.2) is 8.42 Å². The van der Waals surface area contributed by atoms with Gasteiger partial charge in [-0.2, -0.15) is 11.8 Å². The van der Waals surface area contributed by atoms with Crippen molar-refractivity contribution in [1.29, 1.82) is 0 Å². The molecule has 0 aromatic rings. The summed E-state index contributed by atoms with van der Waals surface area (Å²) in [5, 5.41) is -0.261. The second-order valence-electron chi connectivity index (χ2n) is 5.12. The molecule has 0 radical (unpaired) electrons. The van der Waals surface area contributed by atoms with Gasteiger partial charge in [0.05, 0.1) is 5.25 Å². The average molecular weight is 278 g/mol. The van der Waals surface area contributed by atoms with Crippen molar-refractivity contribution >= 4 is 21.6 Å². The SMILES string of the molecule is CS(=O)(=O)C1CCCC1(CN)N1CCSCC1. The molecule has 1 saturated heterocycles. The Bertz CT molecular complexity index is 366. The zero-order valence-corrected chi connectivity index (χ0v) is 12.0. The van der Waals surface area contributed by atoms with Gasteiger partial charge in [0.15, 0.2) is 9.84 Å². The minimum atomic E-state index is -3.00. The van der Waals surface area contributed by atoms with E-state index in [0.29, 0.717) is 6.54 Å². The third-order valence-corrected chi connectivity index (χ3v) is 6.84.